The van der Waals surface area contributed by atoms with E-state index >= 15 is 0 Å². The molecule has 5 nitrogen and oxygen atoms in total. The molecule has 5 heteroatoms. The number of carbonyl (C=O) groups is 1. The zero-order valence-corrected chi connectivity index (χ0v) is 11.1. The molecule has 1 aromatic heterocycles. The zero-order valence-electron chi connectivity index (χ0n) is 11.1. The molecule has 1 amide bonds. The fourth-order valence-electron chi connectivity index (χ4n) is 1.57. The molecule has 0 radical (unpaired) electrons. The highest BCUT2D eigenvalue weighted by Crippen LogP contribution is 2.11. The van der Waals surface area contributed by atoms with E-state index in [1.165, 1.54) is 0 Å². The molecule has 0 saturated heterocycles. The molecule has 1 heterocycles. The first-order valence-corrected chi connectivity index (χ1v) is 6.27. The van der Waals surface area contributed by atoms with Crippen molar-refractivity contribution in [2.75, 3.05) is 6.61 Å². The number of amides is 1. The number of benzene rings is 1. The number of nitrogens with zero attached hydrogens (tertiary/aromatic N) is 2. The van der Waals surface area contributed by atoms with Crippen LogP contribution in [0.2, 0.25) is 0 Å². The maximum atomic E-state index is 11.7. The van der Waals surface area contributed by atoms with Crippen molar-refractivity contribution in [3.8, 4) is 5.75 Å². The highest BCUT2D eigenvalue weighted by atomic mass is 16.5. The van der Waals surface area contributed by atoms with Crippen molar-refractivity contribution in [3.05, 3.63) is 59.9 Å². The molecule has 0 atom stereocenters. The van der Waals surface area contributed by atoms with Crippen molar-refractivity contribution in [2.45, 2.75) is 6.92 Å². The summed E-state index contributed by atoms with van der Waals surface area (Å²) in [5.74, 6) is 0.426. The second kappa shape index (κ2) is 7.04. The topological polar surface area (TPSA) is 63.6 Å². The predicted molar refractivity (Wildman–Crippen MR) is 76.9 cm³/mol. The molecule has 0 aliphatic rings. The third-order valence-corrected chi connectivity index (χ3v) is 2.45. The molecular weight excluding hydrogens is 254 g/mol. The van der Waals surface area contributed by atoms with Gasteiger partial charge in [-0.3, -0.25) is 9.78 Å². The van der Waals surface area contributed by atoms with E-state index in [-0.39, 0.29) is 5.91 Å². The van der Waals surface area contributed by atoms with Gasteiger partial charge < -0.3 is 4.74 Å². The molecule has 0 saturated carbocycles. The Hall–Kier alpha value is -2.69. The van der Waals surface area contributed by atoms with Gasteiger partial charge in [-0.25, -0.2) is 5.43 Å². The van der Waals surface area contributed by atoms with Crippen molar-refractivity contribution in [3.63, 3.8) is 0 Å². The van der Waals surface area contributed by atoms with E-state index in [0.29, 0.717) is 12.3 Å². The number of carbonyl (C=O) groups excluding carboxylic acids is 1. The third kappa shape index (κ3) is 3.91. The monoisotopic (exact) mass is 269 g/mol. The van der Waals surface area contributed by atoms with Crippen LogP contribution in [0.1, 0.15) is 23.0 Å². The lowest BCUT2D eigenvalue weighted by Gasteiger charge is -2.03. The van der Waals surface area contributed by atoms with E-state index < -0.39 is 0 Å². The van der Waals surface area contributed by atoms with Gasteiger partial charge in [0.1, 0.15) is 11.4 Å². The van der Waals surface area contributed by atoms with E-state index in [0.717, 1.165) is 11.3 Å². The Labute approximate surface area is 117 Å². The molecular formula is C15H15N3O2. The Balaban J connectivity index is 1.96. The van der Waals surface area contributed by atoms with Crippen LogP contribution < -0.4 is 10.2 Å². The van der Waals surface area contributed by atoms with Crippen LogP contribution in [-0.2, 0) is 0 Å². The van der Waals surface area contributed by atoms with Crippen LogP contribution in [0, 0.1) is 0 Å². The summed E-state index contributed by atoms with van der Waals surface area (Å²) >= 11 is 0. The summed E-state index contributed by atoms with van der Waals surface area (Å²) in [7, 11) is 0. The number of hydrogen-bond donors (Lipinski definition) is 1. The van der Waals surface area contributed by atoms with Crippen molar-refractivity contribution in [1.82, 2.24) is 10.4 Å². The highest BCUT2D eigenvalue weighted by molar-refractivity contribution is 5.93. The number of nitrogens with one attached hydrogen (secondary N) is 1. The highest BCUT2D eigenvalue weighted by Gasteiger charge is 2.03. The largest absolute Gasteiger partial charge is 0.494 e. The lowest BCUT2D eigenvalue weighted by molar-refractivity contribution is 0.0950. The first-order valence-electron chi connectivity index (χ1n) is 6.27. The van der Waals surface area contributed by atoms with E-state index in [1.807, 2.05) is 31.2 Å². The second-order valence-corrected chi connectivity index (χ2v) is 3.92. The maximum Gasteiger partial charge on any atom is 0.289 e. The maximum absolute atomic E-state index is 11.7. The smallest absolute Gasteiger partial charge is 0.289 e. The van der Waals surface area contributed by atoms with Crippen LogP contribution in [0.4, 0.5) is 0 Å². The number of hydrazone groups is 1. The zero-order chi connectivity index (χ0) is 14.2. The van der Waals surface area contributed by atoms with Crippen LogP contribution in [0.3, 0.4) is 0 Å². The summed E-state index contributed by atoms with van der Waals surface area (Å²) in [5.41, 5.74) is 3.60. The number of rotatable bonds is 5. The SMILES string of the molecule is CCOc1cccc(/C=N/NC(=O)c2ccccn2)c1. The van der Waals surface area contributed by atoms with E-state index in [2.05, 4.69) is 15.5 Å². The van der Waals surface area contributed by atoms with E-state index in [9.17, 15) is 4.79 Å². The average molecular weight is 269 g/mol. The minimum absolute atomic E-state index is 0.327. The van der Waals surface area contributed by atoms with Gasteiger partial charge in [-0.05, 0) is 36.8 Å². The minimum Gasteiger partial charge on any atom is -0.494 e. The molecule has 1 N–H and O–H groups in total. The molecule has 0 spiro atoms. The average Bonchev–Trinajstić information content (AvgIpc) is 2.49. The van der Waals surface area contributed by atoms with Crippen molar-refractivity contribution >= 4 is 12.1 Å². The molecule has 0 unspecified atom stereocenters. The fraction of sp³-hybridized carbons (Fsp3) is 0.133. The molecule has 102 valence electrons. The fourth-order valence-corrected chi connectivity index (χ4v) is 1.57. The Kier molecular flexibility index (Phi) is 4.83. The summed E-state index contributed by atoms with van der Waals surface area (Å²) in [6, 6.07) is 12.6. The molecule has 20 heavy (non-hydrogen) atoms. The normalized spacial score (nSPS) is 10.4. The third-order valence-electron chi connectivity index (χ3n) is 2.45. The van der Waals surface area contributed by atoms with E-state index in [1.54, 1.807) is 30.6 Å². The van der Waals surface area contributed by atoms with Gasteiger partial charge in [-0.15, -0.1) is 0 Å². The van der Waals surface area contributed by atoms with Crippen molar-refractivity contribution < 1.29 is 9.53 Å². The first kappa shape index (κ1) is 13.7. The van der Waals surface area contributed by atoms with Crippen LogP contribution in [0.5, 0.6) is 5.75 Å². The summed E-state index contributed by atoms with van der Waals surface area (Å²) in [4.78, 5) is 15.6. The number of aromatic nitrogens is 1. The van der Waals surface area contributed by atoms with Gasteiger partial charge >= 0.3 is 0 Å². The summed E-state index contributed by atoms with van der Waals surface area (Å²) in [6.45, 7) is 2.53. The van der Waals surface area contributed by atoms with Gasteiger partial charge in [0.25, 0.3) is 5.91 Å². The first-order chi connectivity index (χ1) is 9.79. The number of hydrogen-bond acceptors (Lipinski definition) is 4. The van der Waals surface area contributed by atoms with Gasteiger partial charge in [0.05, 0.1) is 12.8 Å². The molecule has 0 aliphatic heterocycles. The van der Waals surface area contributed by atoms with Crippen molar-refractivity contribution in [2.24, 2.45) is 5.10 Å². The minimum atomic E-state index is -0.345. The standard InChI is InChI=1S/C15H15N3O2/c1-2-20-13-7-5-6-12(10-13)11-17-18-15(19)14-8-3-4-9-16-14/h3-11H,2H2,1H3,(H,18,19)/b17-11+. The number of pyridine rings is 1. The summed E-state index contributed by atoms with van der Waals surface area (Å²) in [6.07, 6.45) is 3.12. The Morgan fingerprint density at radius 2 is 2.25 bits per heavy atom. The van der Waals surface area contributed by atoms with Gasteiger partial charge in [0, 0.05) is 6.20 Å². The molecule has 1 aromatic carbocycles. The Morgan fingerprint density at radius 3 is 3.00 bits per heavy atom. The lowest BCUT2D eigenvalue weighted by atomic mass is 10.2. The lowest BCUT2D eigenvalue weighted by Crippen LogP contribution is -2.18. The molecule has 0 bridgehead atoms. The van der Waals surface area contributed by atoms with Crippen LogP contribution >= 0.6 is 0 Å². The summed E-state index contributed by atoms with van der Waals surface area (Å²) < 4.78 is 5.38. The quantitative estimate of drug-likeness (QED) is 0.669. The van der Waals surface area contributed by atoms with Gasteiger partial charge in [0.15, 0.2) is 0 Å². The predicted octanol–water partition coefficient (Wildman–Crippen LogP) is 2.24. The summed E-state index contributed by atoms with van der Waals surface area (Å²) in [5, 5.41) is 3.90. The van der Waals surface area contributed by atoms with Crippen LogP contribution in [0.25, 0.3) is 0 Å². The Bertz CT molecular complexity index is 597. The van der Waals surface area contributed by atoms with Crippen molar-refractivity contribution in [1.29, 1.82) is 0 Å². The van der Waals surface area contributed by atoms with Gasteiger partial charge in [0.2, 0.25) is 0 Å². The number of ether oxygens (including phenoxy) is 1. The van der Waals surface area contributed by atoms with Crippen LogP contribution in [-0.4, -0.2) is 23.7 Å². The molecule has 0 aliphatic carbocycles. The molecule has 2 rings (SSSR count). The second-order valence-electron chi connectivity index (χ2n) is 3.92. The molecule has 0 fully saturated rings. The Morgan fingerprint density at radius 1 is 1.35 bits per heavy atom. The van der Waals surface area contributed by atoms with Crippen LogP contribution in [0.15, 0.2) is 53.8 Å². The van der Waals surface area contributed by atoms with Gasteiger partial charge in [-0.2, -0.15) is 5.10 Å². The van der Waals surface area contributed by atoms with E-state index in [4.69, 9.17) is 4.74 Å². The molecule has 2 aromatic rings. The van der Waals surface area contributed by atoms with Gasteiger partial charge in [-0.1, -0.05) is 18.2 Å².